The third-order valence-electron chi connectivity index (χ3n) is 4.34. The van der Waals surface area contributed by atoms with Crippen LogP contribution in [0.2, 0.25) is 5.02 Å². The lowest BCUT2D eigenvalue weighted by Crippen LogP contribution is -2.29. The minimum atomic E-state index is -0.370. The Labute approximate surface area is 178 Å². The lowest BCUT2D eigenvalue weighted by Gasteiger charge is -2.15. The van der Waals surface area contributed by atoms with Crippen LogP contribution in [0, 0.1) is 0 Å². The lowest BCUT2D eigenvalue weighted by atomic mass is 10.2. The molecule has 6 nitrogen and oxygen atoms in total. The van der Waals surface area contributed by atoms with Crippen LogP contribution in [0.3, 0.4) is 0 Å². The van der Waals surface area contributed by atoms with Crippen LogP contribution in [0.25, 0.3) is 0 Å². The number of aromatic nitrogens is 3. The molecular weight excluding hydrogens is 408 g/mol. The van der Waals surface area contributed by atoms with Crippen molar-refractivity contribution in [2.45, 2.75) is 31.6 Å². The molecule has 0 radical (unpaired) electrons. The van der Waals surface area contributed by atoms with Crippen molar-refractivity contribution >= 4 is 35.1 Å². The number of carbonyl (C=O) groups is 2. The zero-order chi connectivity index (χ0) is 20.8. The number of nitrogens with one attached hydrogen (secondary N) is 1. The summed E-state index contributed by atoms with van der Waals surface area (Å²) in [5, 5.41) is 12.4. The highest BCUT2D eigenvalue weighted by Crippen LogP contribution is 2.22. The molecule has 1 N–H and O–H groups in total. The second kappa shape index (κ2) is 9.71. The Morgan fingerprint density at radius 1 is 1.10 bits per heavy atom. The van der Waals surface area contributed by atoms with Gasteiger partial charge in [0.2, 0.25) is 0 Å². The average Bonchev–Trinajstić information content (AvgIpc) is 3.16. The summed E-state index contributed by atoms with van der Waals surface area (Å²) in [6, 6.07) is 15.7. The van der Waals surface area contributed by atoms with Gasteiger partial charge in [0.05, 0.1) is 22.4 Å². The molecule has 150 valence electrons. The number of ketones is 1. The van der Waals surface area contributed by atoms with Crippen molar-refractivity contribution in [3.8, 4) is 0 Å². The van der Waals surface area contributed by atoms with Crippen LogP contribution in [-0.4, -0.2) is 32.2 Å². The molecule has 0 fully saturated rings. The van der Waals surface area contributed by atoms with E-state index >= 15 is 0 Å². The first-order valence-electron chi connectivity index (χ1n) is 9.20. The molecule has 0 aliphatic heterocycles. The van der Waals surface area contributed by atoms with E-state index in [1.54, 1.807) is 36.4 Å². The standard InChI is InChI=1S/C21H21ClN4O2S/c1-3-26-19(14(2)23-20(28)16-11-7-8-12-17(16)22)24-25-21(26)29-13-18(27)15-9-5-4-6-10-15/h4-12,14H,3,13H2,1-2H3,(H,23,28)/t14-/m0/s1. The number of benzene rings is 2. The Morgan fingerprint density at radius 3 is 2.48 bits per heavy atom. The van der Waals surface area contributed by atoms with Crippen molar-refractivity contribution in [3.05, 3.63) is 76.6 Å². The fourth-order valence-electron chi connectivity index (χ4n) is 2.85. The molecule has 1 heterocycles. The average molecular weight is 429 g/mol. The van der Waals surface area contributed by atoms with Crippen LogP contribution in [0.1, 0.15) is 46.4 Å². The van der Waals surface area contributed by atoms with Gasteiger partial charge in [0, 0.05) is 12.1 Å². The van der Waals surface area contributed by atoms with E-state index in [2.05, 4.69) is 15.5 Å². The molecule has 1 amide bonds. The molecule has 29 heavy (non-hydrogen) atoms. The summed E-state index contributed by atoms with van der Waals surface area (Å²) in [6.07, 6.45) is 0. The maximum atomic E-state index is 12.5. The molecule has 0 saturated heterocycles. The summed E-state index contributed by atoms with van der Waals surface area (Å²) in [5.74, 6) is 0.648. The largest absolute Gasteiger partial charge is 0.342 e. The summed E-state index contributed by atoms with van der Waals surface area (Å²) in [7, 11) is 0. The van der Waals surface area contributed by atoms with Gasteiger partial charge in [0.15, 0.2) is 16.8 Å². The number of Topliss-reactive ketones (excluding diaryl/α,β-unsaturated/α-hetero) is 1. The van der Waals surface area contributed by atoms with E-state index in [1.807, 2.05) is 36.6 Å². The molecule has 0 unspecified atom stereocenters. The van der Waals surface area contributed by atoms with Crippen molar-refractivity contribution < 1.29 is 9.59 Å². The second-order valence-corrected chi connectivity index (χ2v) is 7.69. The van der Waals surface area contributed by atoms with Gasteiger partial charge < -0.3 is 9.88 Å². The Hall–Kier alpha value is -2.64. The van der Waals surface area contributed by atoms with E-state index in [0.29, 0.717) is 33.7 Å². The number of hydrogen-bond donors (Lipinski definition) is 1. The molecule has 1 atom stereocenters. The topological polar surface area (TPSA) is 76.9 Å². The molecule has 2 aromatic carbocycles. The van der Waals surface area contributed by atoms with Gasteiger partial charge in [0.25, 0.3) is 5.91 Å². The normalized spacial score (nSPS) is 11.8. The van der Waals surface area contributed by atoms with Crippen LogP contribution in [0.4, 0.5) is 0 Å². The number of thioether (sulfide) groups is 1. The van der Waals surface area contributed by atoms with E-state index in [4.69, 9.17) is 11.6 Å². The van der Waals surface area contributed by atoms with Gasteiger partial charge >= 0.3 is 0 Å². The monoisotopic (exact) mass is 428 g/mol. The highest BCUT2D eigenvalue weighted by atomic mass is 35.5. The van der Waals surface area contributed by atoms with Crippen LogP contribution in [-0.2, 0) is 6.54 Å². The van der Waals surface area contributed by atoms with Gasteiger partial charge in [-0.25, -0.2) is 0 Å². The van der Waals surface area contributed by atoms with Crippen LogP contribution >= 0.6 is 23.4 Å². The molecule has 1 aromatic heterocycles. The third kappa shape index (κ3) is 5.05. The van der Waals surface area contributed by atoms with E-state index in [9.17, 15) is 9.59 Å². The van der Waals surface area contributed by atoms with E-state index in [-0.39, 0.29) is 23.5 Å². The fraction of sp³-hybridized carbons (Fsp3) is 0.238. The molecule has 8 heteroatoms. The third-order valence-corrected chi connectivity index (χ3v) is 5.64. The zero-order valence-corrected chi connectivity index (χ0v) is 17.7. The summed E-state index contributed by atoms with van der Waals surface area (Å²) in [6.45, 7) is 4.43. The van der Waals surface area contributed by atoms with Crippen molar-refractivity contribution in [1.82, 2.24) is 20.1 Å². The predicted molar refractivity (Wildman–Crippen MR) is 115 cm³/mol. The van der Waals surface area contributed by atoms with E-state index in [0.717, 1.165) is 0 Å². The smallest absolute Gasteiger partial charge is 0.253 e. The van der Waals surface area contributed by atoms with Gasteiger partial charge in [-0.3, -0.25) is 9.59 Å². The highest BCUT2D eigenvalue weighted by molar-refractivity contribution is 7.99. The van der Waals surface area contributed by atoms with E-state index < -0.39 is 0 Å². The van der Waals surface area contributed by atoms with E-state index in [1.165, 1.54) is 11.8 Å². The van der Waals surface area contributed by atoms with Crippen LogP contribution in [0.15, 0.2) is 59.8 Å². The SMILES string of the molecule is CCn1c(SCC(=O)c2ccccc2)nnc1[C@H](C)NC(=O)c1ccccc1Cl. The first-order valence-corrected chi connectivity index (χ1v) is 10.6. The van der Waals surface area contributed by atoms with Crippen molar-refractivity contribution in [1.29, 1.82) is 0 Å². The van der Waals surface area contributed by atoms with Gasteiger partial charge in [-0.1, -0.05) is 65.8 Å². The van der Waals surface area contributed by atoms with Gasteiger partial charge in [-0.15, -0.1) is 10.2 Å². The Kier molecular flexibility index (Phi) is 7.06. The number of nitrogens with zero attached hydrogens (tertiary/aromatic N) is 3. The van der Waals surface area contributed by atoms with Crippen molar-refractivity contribution in [3.63, 3.8) is 0 Å². The maximum absolute atomic E-state index is 12.5. The number of carbonyl (C=O) groups excluding carboxylic acids is 2. The molecular formula is C21H21ClN4O2S. The number of amides is 1. The predicted octanol–water partition coefficient (Wildman–Crippen LogP) is 4.42. The first-order chi connectivity index (χ1) is 14.0. The molecule has 0 bridgehead atoms. The molecule has 0 saturated carbocycles. The molecule has 0 spiro atoms. The number of halogens is 1. The Morgan fingerprint density at radius 2 is 1.79 bits per heavy atom. The Bertz CT molecular complexity index is 1010. The molecule has 0 aliphatic carbocycles. The molecule has 3 rings (SSSR count). The fourth-order valence-corrected chi connectivity index (χ4v) is 3.97. The number of hydrogen-bond acceptors (Lipinski definition) is 5. The van der Waals surface area contributed by atoms with Crippen molar-refractivity contribution in [2.24, 2.45) is 0 Å². The minimum absolute atomic E-state index is 0.0304. The maximum Gasteiger partial charge on any atom is 0.253 e. The van der Waals surface area contributed by atoms with Gasteiger partial charge in [-0.2, -0.15) is 0 Å². The van der Waals surface area contributed by atoms with Crippen LogP contribution in [0.5, 0.6) is 0 Å². The molecule has 0 aliphatic rings. The Balaban J connectivity index is 1.69. The van der Waals surface area contributed by atoms with Gasteiger partial charge in [0.1, 0.15) is 0 Å². The highest BCUT2D eigenvalue weighted by Gasteiger charge is 2.21. The van der Waals surface area contributed by atoms with Gasteiger partial charge in [-0.05, 0) is 26.0 Å². The molecule has 3 aromatic rings. The number of rotatable bonds is 8. The zero-order valence-electron chi connectivity index (χ0n) is 16.1. The lowest BCUT2D eigenvalue weighted by molar-refractivity contribution is 0.0937. The second-order valence-electron chi connectivity index (χ2n) is 6.34. The summed E-state index contributed by atoms with van der Waals surface area (Å²) >= 11 is 7.44. The summed E-state index contributed by atoms with van der Waals surface area (Å²) < 4.78 is 1.90. The van der Waals surface area contributed by atoms with Crippen molar-refractivity contribution in [2.75, 3.05) is 5.75 Å². The first kappa shape index (κ1) is 21.1. The summed E-state index contributed by atoms with van der Waals surface area (Å²) in [5.41, 5.74) is 1.08. The van der Waals surface area contributed by atoms with Crippen LogP contribution < -0.4 is 5.32 Å². The quantitative estimate of drug-likeness (QED) is 0.424. The summed E-state index contributed by atoms with van der Waals surface area (Å²) in [4.78, 5) is 24.9. The minimum Gasteiger partial charge on any atom is -0.342 e.